The number of halogens is 1. The predicted octanol–water partition coefficient (Wildman–Crippen LogP) is 2.03. The monoisotopic (exact) mass is 181 g/mol. The maximum Gasteiger partial charge on any atom is 0.174 e. The standard InChI is InChI=1S/C8H6ClN2O/c1-4-7-6(10-3-11-7)2-5(9)8(4)12/h2,12H,1H3,(H,10,11). The Kier molecular flexibility index (Phi) is 1.48. The van der Waals surface area contributed by atoms with Gasteiger partial charge in [0.25, 0.3) is 0 Å². The lowest BCUT2D eigenvalue weighted by molar-refractivity contribution is 0.472. The number of hydrogen-bond acceptors (Lipinski definition) is 2. The number of phenolic OH excluding ortho intramolecular Hbond substituents is 1. The minimum atomic E-state index is 0.0877. The number of aromatic hydroxyl groups is 1. The van der Waals surface area contributed by atoms with E-state index in [0.29, 0.717) is 16.1 Å². The summed E-state index contributed by atoms with van der Waals surface area (Å²) in [5, 5.41) is 9.75. The van der Waals surface area contributed by atoms with Crippen molar-refractivity contribution in [3.8, 4) is 5.75 Å². The van der Waals surface area contributed by atoms with Gasteiger partial charge >= 0.3 is 0 Å². The third kappa shape index (κ3) is 0.865. The molecule has 1 aromatic heterocycles. The van der Waals surface area contributed by atoms with E-state index in [-0.39, 0.29) is 5.75 Å². The quantitative estimate of drug-likeness (QED) is 0.654. The summed E-state index contributed by atoms with van der Waals surface area (Å²) in [5.41, 5.74) is 2.17. The van der Waals surface area contributed by atoms with Gasteiger partial charge in [0.2, 0.25) is 0 Å². The fraction of sp³-hybridized carbons (Fsp3) is 0.125. The minimum absolute atomic E-state index is 0.0877. The molecule has 0 unspecified atom stereocenters. The number of phenols is 1. The summed E-state index contributed by atoms with van der Waals surface area (Å²) >= 11 is 5.74. The molecule has 0 aliphatic rings. The largest absolute Gasteiger partial charge is 0.506 e. The van der Waals surface area contributed by atoms with E-state index in [9.17, 15) is 5.11 Å². The summed E-state index contributed by atoms with van der Waals surface area (Å²) in [6.45, 7) is 1.76. The smallest absolute Gasteiger partial charge is 0.174 e. The van der Waals surface area contributed by atoms with Crippen molar-refractivity contribution in [1.82, 2.24) is 9.97 Å². The highest BCUT2D eigenvalue weighted by molar-refractivity contribution is 6.32. The molecule has 61 valence electrons. The first-order valence-electron chi connectivity index (χ1n) is 3.44. The van der Waals surface area contributed by atoms with Gasteiger partial charge in [-0.2, -0.15) is 0 Å². The molecule has 0 amide bonds. The Bertz CT molecular complexity index is 436. The highest BCUT2D eigenvalue weighted by Gasteiger charge is 2.08. The van der Waals surface area contributed by atoms with Gasteiger partial charge in [-0.1, -0.05) is 11.6 Å². The van der Waals surface area contributed by atoms with Crippen molar-refractivity contribution in [2.24, 2.45) is 0 Å². The summed E-state index contributed by atoms with van der Waals surface area (Å²) in [4.78, 5) is 6.72. The van der Waals surface area contributed by atoms with Gasteiger partial charge in [0, 0.05) is 5.56 Å². The van der Waals surface area contributed by atoms with Crippen LogP contribution in [0.3, 0.4) is 0 Å². The first kappa shape index (κ1) is 7.43. The van der Waals surface area contributed by atoms with Crippen LogP contribution in [0.2, 0.25) is 5.02 Å². The molecule has 1 aromatic carbocycles. The molecule has 1 radical (unpaired) electrons. The third-order valence-corrected chi connectivity index (χ3v) is 2.11. The van der Waals surface area contributed by atoms with Gasteiger partial charge in [0.05, 0.1) is 16.1 Å². The van der Waals surface area contributed by atoms with Gasteiger partial charge in [0.1, 0.15) is 5.75 Å². The Balaban J connectivity index is 2.94. The van der Waals surface area contributed by atoms with E-state index in [1.54, 1.807) is 13.0 Å². The molecule has 0 atom stereocenters. The van der Waals surface area contributed by atoms with Crippen molar-refractivity contribution in [2.45, 2.75) is 6.92 Å². The molecule has 2 N–H and O–H groups in total. The van der Waals surface area contributed by atoms with Gasteiger partial charge < -0.3 is 10.1 Å². The fourth-order valence-corrected chi connectivity index (χ4v) is 1.39. The Hall–Kier alpha value is -1.22. The van der Waals surface area contributed by atoms with E-state index in [2.05, 4.69) is 16.3 Å². The number of nitrogens with zero attached hydrogens (tertiary/aromatic N) is 1. The van der Waals surface area contributed by atoms with Crippen LogP contribution in [-0.2, 0) is 0 Å². The first-order valence-corrected chi connectivity index (χ1v) is 3.82. The molecular formula is C8H6ClN2O. The maximum absolute atomic E-state index is 9.42. The zero-order valence-corrected chi connectivity index (χ0v) is 7.11. The maximum atomic E-state index is 9.42. The Morgan fingerprint density at radius 1 is 1.67 bits per heavy atom. The number of aromatic amines is 1. The fourth-order valence-electron chi connectivity index (χ4n) is 1.14. The molecule has 3 nitrogen and oxygen atoms in total. The average molecular weight is 182 g/mol. The zero-order valence-electron chi connectivity index (χ0n) is 6.35. The normalized spacial score (nSPS) is 10.8. The summed E-state index contributed by atoms with van der Waals surface area (Å²) < 4.78 is 0. The van der Waals surface area contributed by atoms with Crippen LogP contribution in [0.5, 0.6) is 5.75 Å². The minimum Gasteiger partial charge on any atom is -0.506 e. The van der Waals surface area contributed by atoms with E-state index in [1.807, 2.05) is 0 Å². The number of imidazole rings is 1. The third-order valence-electron chi connectivity index (χ3n) is 1.82. The molecule has 12 heavy (non-hydrogen) atoms. The van der Waals surface area contributed by atoms with Crippen LogP contribution in [-0.4, -0.2) is 15.1 Å². The highest BCUT2D eigenvalue weighted by atomic mass is 35.5. The molecule has 1 heterocycles. The van der Waals surface area contributed by atoms with Crippen molar-refractivity contribution in [3.63, 3.8) is 0 Å². The van der Waals surface area contributed by atoms with Crippen molar-refractivity contribution >= 4 is 22.6 Å². The van der Waals surface area contributed by atoms with Crippen LogP contribution in [0.1, 0.15) is 5.56 Å². The lowest BCUT2D eigenvalue weighted by Gasteiger charge is -2.00. The molecule has 0 aliphatic heterocycles. The SMILES string of the molecule is Cc1c(O)c(Cl)cc2[nH][c]nc12. The van der Waals surface area contributed by atoms with E-state index >= 15 is 0 Å². The topological polar surface area (TPSA) is 48.9 Å². The number of aryl methyl sites for hydroxylation is 1. The lowest BCUT2D eigenvalue weighted by atomic mass is 10.2. The Morgan fingerprint density at radius 3 is 3.17 bits per heavy atom. The molecule has 0 saturated heterocycles. The molecule has 0 aliphatic carbocycles. The number of hydrogen-bond donors (Lipinski definition) is 2. The summed E-state index contributed by atoms with van der Waals surface area (Å²) in [7, 11) is 0. The molecule has 2 rings (SSSR count). The molecule has 0 fully saturated rings. The second-order valence-corrected chi connectivity index (χ2v) is 2.98. The summed E-state index contributed by atoms with van der Waals surface area (Å²) in [6, 6.07) is 1.63. The van der Waals surface area contributed by atoms with Crippen molar-refractivity contribution in [2.75, 3.05) is 0 Å². The average Bonchev–Trinajstić information content (AvgIpc) is 2.48. The van der Waals surface area contributed by atoms with Gasteiger partial charge in [-0.3, -0.25) is 0 Å². The molecule has 4 heteroatoms. The van der Waals surface area contributed by atoms with Crippen LogP contribution >= 0.6 is 11.6 Å². The molecule has 0 bridgehead atoms. The Labute approximate surface area is 74.0 Å². The second kappa shape index (κ2) is 2.38. The van der Waals surface area contributed by atoms with Crippen LogP contribution in [0.15, 0.2) is 6.07 Å². The Morgan fingerprint density at radius 2 is 2.42 bits per heavy atom. The first-order chi connectivity index (χ1) is 5.70. The summed E-state index contributed by atoms with van der Waals surface area (Å²) in [6.07, 6.45) is 2.59. The number of benzene rings is 1. The van der Waals surface area contributed by atoms with E-state index in [0.717, 1.165) is 5.52 Å². The lowest BCUT2D eigenvalue weighted by Crippen LogP contribution is -1.79. The predicted molar refractivity (Wildman–Crippen MR) is 46.3 cm³/mol. The van der Waals surface area contributed by atoms with Gasteiger partial charge in [-0.15, -0.1) is 0 Å². The number of aromatic nitrogens is 2. The highest BCUT2D eigenvalue weighted by Crippen LogP contribution is 2.31. The van der Waals surface area contributed by atoms with Crippen LogP contribution in [0.25, 0.3) is 11.0 Å². The summed E-state index contributed by atoms with van der Waals surface area (Å²) in [5.74, 6) is 0.0877. The zero-order chi connectivity index (χ0) is 8.72. The van der Waals surface area contributed by atoms with Crippen LogP contribution in [0, 0.1) is 13.3 Å². The van der Waals surface area contributed by atoms with E-state index in [1.165, 1.54) is 0 Å². The van der Waals surface area contributed by atoms with Crippen LogP contribution in [0.4, 0.5) is 0 Å². The second-order valence-electron chi connectivity index (χ2n) is 2.58. The van der Waals surface area contributed by atoms with Gasteiger partial charge in [0.15, 0.2) is 6.33 Å². The van der Waals surface area contributed by atoms with Crippen LogP contribution < -0.4 is 0 Å². The van der Waals surface area contributed by atoms with Crippen molar-refractivity contribution in [1.29, 1.82) is 0 Å². The van der Waals surface area contributed by atoms with Crippen molar-refractivity contribution in [3.05, 3.63) is 23.0 Å². The van der Waals surface area contributed by atoms with E-state index in [4.69, 9.17) is 11.6 Å². The number of rotatable bonds is 0. The molecule has 0 spiro atoms. The number of fused-ring (bicyclic) bond motifs is 1. The number of nitrogens with one attached hydrogen (secondary N) is 1. The molecular weight excluding hydrogens is 176 g/mol. The van der Waals surface area contributed by atoms with E-state index < -0.39 is 0 Å². The molecule has 2 aromatic rings. The molecule has 0 saturated carbocycles. The van der Waals surface area contributed by atoms with Gasteiger partial charge in [-0.25, -0.2) is 4.98 Å². The number of H-pyrrole nitrogens is 1. The van der Waals surface area contributed by atoms with Crippen molar-refractivity contribution < 1.29 is 5.11 Å². The van der Waals surface area contributed by atoms with Gasteiger partial charge in [-0.05, 0) is 13.0 Å².